The van der Waals surface area contributed by atoms with Gasteiger partial charge in [0.15, 0.2) is 0 Å². The van der Waals surface area contributed by atoms with Crippen LogP contribution in [0, 0.1) is 0 Å². The van der Waals surface area contributed by atoms with E-state index in [1.807, 2.05) is 12.3 Å². The highest BCUT2D eigenvalue weighted by Crippen LogP contribution is 2.31. The first-order valence-corrected chi connectivity index (χ1v) is 5.41. The Balaban J connectivity index is 3.24. The van der Waals surface area contributed by atoms with Crippen LogP contribution in [0.25, 0.3) is 0 Å². The summed E-state index contributed by atoms with van der Waals surface area (Å²) in [7, 11) is 0. The molecule has 0 saturated heterocycles. The predicted octanol–water partition coefficient (Wildman–Crippen LogP) is 3.21. The molecule has 0 unspecified atom stereocenters. The van der Waals surface area contributed by atoms with Crippen LogP contribution in [-0.2, 0) is 6.42 Å². The van der Waals surface area contributed by atoms with Gasteiger partial charge in [-0.15, -0.1) is 11.8 Å². The zero-order chi connectivity index (χ0) is 9.14. The van der Waals surface area contributed by atoms with Crippen molar-refractivity contribution in [2.24, 2.45) is 0 Å². The molecule has 1 nitrogen and oxygen atoms in total. The molecule has 1 aromatic rings. The molecule has 1 aromatic carbocycles. The smallest absolute Gasteiger partial charge is 0.0564 e. The number of hydrogen-bond donors (Lipinski definition) is 1. The molecule has 0 aliphatic rings. The Kier molecular flexibility index (Phi) is 3.29. The van der Waals surface area contributed by atoms with E-state index < -0.39 is 0 Å². The Bertz CT molecular complexity index is 286. The molecular weight excluding hydrogens is 190 g/mol. The van der Waals surface area contributed by atoms with Crippen molar-refractivity contribution in [2.75, 3.05) is 12.0 Å². The van der Waals surface area contributed by atoms with Crippen molar-refractivity contribution in [3.63, 3.8) is 0 Å². The van der Waals surface area contributed by atoms with Crippen molar-refractivity contribution in [1.82, 2.24) is 0 Å². The number of thioether (sulfide) groups is 1. The van der Waals surface area contributed by atoms with Gasteiger partial charge in [-0.05, 0) is 30.4 Å². The summed E-state index contributed by atoms with van der Waals surface area (Å²) in [5, 5.41) is 0.763. The number of halogens is 1. The lowest BCUT2D eigenvalue weighted by molar-refractivity contribution is 1.08. The van der Waals surface area contributed by atoms with Gasteiger partial charge >= 0.3 is 0 Å². The molecule has 0 heterocycles. The highest BCUT2D eigenvalue weighted by atomic mass is 35.5. The monoisotopic (exact) mass is 201 g/mol. The van der Waals surface area contributed by atoms with Gasteiger partial charge in [0.1, 0.15) is 0 Å². The van der Waals surface area contributed by atoms with E-state index in [1.165, 1.54) is 5.56 Å². The van der Waals surface area contributed by atoms with Gasteiger partial charge in [0.05, 0.1) is 5.02 Å². The molecule has 1 rings (SSSR count). The van der Waals surface area contributed by atoms with E-state index in [4.69, 9.17) is 17.3 Å². The van der Waals surface area contributed by atoms with Gasteiger partial charge in [-0.2, -0.15) is 0 Å². The predicted molar refractivity (Wildman–Crippen MR) is 57.0 cm³/mol. The second-order valence-electron chi connectivity index (χ2n) is 2.55. The molecule has 0 atom stereocenters. The molecule has 66 valence electrons. The Morgan fingerprint density at radius 1 is 1.50 bits per heavy atom. The van der Waals surface area contributed by atoms with Crippen LogP contribution in [0.1, 0.15) is 12.5 Å². The number of aryl methyl sites for hydroxylation is 1. The summed E-state index contributed by atoms with van der Waals surface area (Å²) in [5.41, 5.74) is 7.64. The van der Waals surface area contributed by atoms with Gasteiger partial charge in [-0.25, -0.2) is 0 Å². The molecule has 0 spiro atoms. The minimum absolute atomic E-state index is 0.745. The molecule has 12 heavy (non-hydrogen) atoms. The first-order chi connectivity index (χ1) is 5.69. The van der Waals surface area contributed by atoms with Crippen LogP contribution in [0.15, 0.2) is 17.0 Å². The standard InChI is InChI=1S/C9H12ClNS/c1-3-6-4-7(11)5-8(10)9(6)12-2/h4-5H,3,11H2,1-2H3. The van der Waals surface area contributed by atoms with Gasteiger partial charge in [0, 0.05) is 10.6 Å². The van der Waals surface area contributed by atoms with Crippen molar-refractivity contribution in [3.05, 3.63) is 22.7 Å². The van der Waals surface area contributed by atoms with Crippen molar-refractivity contribution in [3.8, 4) is 0 Å². The van der Waals surface area contributed by atoms with Gasteiger partial charge in [0.25, 0.3) is 0 Å². The number of hydrogen-bond acceptors (Lipinski definition) is 2. The zero-order valence-electron chi connectivity index (χ0n) is 7.23. The van der Waals surface area contributed by atoms with Gasteiger partial charge in [-0.1, -0.05) is 18.5 Å². The van der Waals surface area contributed by atoms with E-state index in [-0.39, 0.29) is 0 Å². The van der Waals surface area contributed by atoms with E-state index >= 15 is 0 Å². The van der Waals surface area contributed by atoms with Crippen LogP contribution >= 0.6 is 23.4 Å². The zero-order valence-corrected chi connectivity index (χ0v) is 8.80. The van der Waals surface area contributed by atoms with Crippen LogP contribution < -0.4 is 5.73 Å². The maximum absolute atomic E-state index is 6.01. The van der Waals surface area contributed by atoms with E-state index in [2.05, 4.69) is 6.92 Å². The molecule has 3 heteroatoms. The van der Waals surface area contributed by atoms with Crippen molar-refractivity contribution >= 4 is 29.1 Å². The minimum atomic E-state index is 0.745. The lowest BCUT2D eigenvalue weighted by atomic mass is 10.1. The molecular formula is C9H12ClNS. The second-order valence-corrected chi connectivity index (χ2v) is 3.77. The number of anilines is 1. The largest absolute Gasteiger partial charge is 0.399 e. The van der Waals surface area contributed by atoms with E-state index in [9.17, 15) is 0 Å². The third kappa shape index (κ3) is 1.87. The molecule has 0 aromatic heterocycles. The fourth-order valence-electron chi connectivity index (χ4n) is 1.16. The lowest BCUT2D eigenvalue weighted by Crippen LogP contribution is -1.91. The average Bonchev–Trinajstić information content (AvgIpc) is 2.03. The summed E-state index contributed by atoms with van der Waals surface area (Å²) >= 11 is 7.68. The Hall–Kier alpha value is -0.340. The highest BCUT2D eigenvalue weighted by molar-refractivity contribution is 7.98. The van der Waals surface area contributed by atoms with Crippen molar-refractivity contribution in [1.29, 1.82) is 0 Å². The van der Waals surface area contributed by atoms with E-state index in [0.29, 0.717) is 0 Å². The molecule has 0 amide bonds. The molecule has 0 aliphatic heterocycles. The number of nitrogens with two attached hydrogens (primary N) is 1. The summed E-state index contributed by atoms with van der Waals surface area (Å²) in [4.78, 5) is 1.15. The van der Waals surface area contributed by atoms with Crippen LogP contribution in [0.3, 0.4) is 0 Å². The Morgan fingerprint density at radius 2 is 2.17 bits per heavy atom. The molecule has 0 saturated carbocycles. The SMILES string of the molecule is CCc1cc(N)cc(Cl)c1SC. The topological polar surface area (TPSA) is 26.0 Å². The van der Waals surface area contributed by atoms with Crippen LogP contribution in [0.5, 0.6) is 0 Å². The third-order valence-electron chi connectivity index (χ3n) is 1.73. The second kappa shape index (κ2) is 4.06. The Morgan fingerprint density at radius 3 is 2.67 bits per heavy atom. The highest BCUT2D eigenvalue weighted by Gasteiger charge is 2.05. The lowest BCUT2D eigenvalue weighted by Gasteiger charge is -2.08. The van der Waals surface area contributed by atoms with Crippen LogP contribution in [0.4, 0.5) is 5.69 Å². The molecule has 0 aliphatic carbocycles. The molecule has 0 fully saturated rings. The summed E-state index contributed by atoms with van der Waals surface area (Å²) < 4.78 is 0. The first-order valence-electron chi connectivity index (χ1n) is 3.81. The maximum Gasteiger partial charge on any atom is 0.0564 e. The summed E-state index contributed by atoms with van der Waals surface area (Å²) in [6.07, 6.45) is 3.00. The fraction of sp³-hybridized carbons (Fsp3) is 0.333. The van der Waals surface area contributed by atoms with Crippen molar-refractivity contribution < 1.29 is 0 Å². The van der Waals surface area contributed by atoms with Gasteiger partial charge in [-0.3, -0.25) is 0 Å². The fourth-order valence-corrected chi connectivity index (χ4v) is 2.36. The van der Waals surface area contributed by atoms with Crippen LogP contribution in [-0.4, -0.2) is 6.26 Å². The third-order valence-corrected chi connectivity index (χ3v) is 3.03. The summed E-state index contributed by atoms with van der Waals surface area (Å²) in [6, 6.07) is 3.78. The first kappa shape index (κ1) is 9.75. The summed E-state index contributed by atoms with van der Waals surface area (Å²) in [6.45, 7) is 2.10. The summed E-state index contributed by atoms with van der Waals surface area (Å²) in [5.74, 6) is 0. The normalized spacial score (nSPS) is 10.2. The maximum atomic E-state index is 6.01. The quantitative estimate of drug-likeness (QED) is 0.588. The molecule has 2 N–H and O–H groups in total. The molecule has 0 bridgehead atoms. The number of nitrogen functional groups attached to an aromatic ring is 1. The Labute approximate surface area is 82.3 Å². The number of rotatable bonds is 2. The van der Waals surface area contributed by atoms with Gasteiger partial charge < -0.3 is 5.73 Å². The number of benzene rings is 1. The minimum Gasteiger partial charge on any atom is -0.399 e. The molecule has 0 radical (unpaired) electrons. The van der Waals surface area contributed by atoms with E-state index in [0.717, 1.165) is 22.0 Å². The average molecular weight is 202 g/mol. The van der Waals surface area contributed by atoms with Crippen LogP contribution in [0.2, 0.25) is 5.02 Å². The van der Waals surface area contributed by atoms with E-state index in [1.54, 1.807) is 17.8 Å². The van der Waals surface area contributed by atoms with Gasteiger partial charge in [0.2, 0.25) is 0 Å². The van der Waals surface area contributed by atoms with Crippen molar-refractivity contribution in [2.45, 2.75) is 18.2 Å².